The van der Waals surface area contributed by atoms with Crippen LogP contribution in [0.3, 0.4) is 0 Å². The second-order valence-corrected chi connectivity index (χ2v) is 10.5. The highest BCUT2D eigenvalue weighted by Crippen LogP contribution is 2.30. The Balaban J connectivity index is 2.14. The van der Waals surface area contributed by atoms with Crippen LogP contribution in [0, 0.1) is 19.8 Å². The van der Waals surface area contributed by atoms with Crippen molar-refractivity contribution in [3.8, 4) is 11.3 Å². The second-order valence-electron chi connectivity index (χ2n) is 8.77. The smallest absolute Gasteiger partial charge is 0.335 e. The summed E-state index contributed by atoms with van der Waals surface area (Å²) in [5.41, 5.74) is 9.17. The molecule has 0 radical (unpaired) electrons. The van der Waals surface area contributed by atoms with Crippen LogP contribution in [0.2, 0.25) is 0 Å². The molecular weight excluding hydrogens is 466 g/mol. The number of hydrogen-bond donors (Lipinski definition) is 3. The number of hydrogen-bond acceptors (Lipinski definition) is 7. The van der Waals surface area contributed by atoms with Crippen molar-refractivity contribution < 1.29 is 18.3 Å². The topological polar surface area (TPSA) is 139 Å². The van der Waals surface area contributed by atoms with E-state index in [1.165, 1.54) is 18.2 Å². The van der Waals surface area contributed by atoms with Gasteiger partial charge in [-0.05, 0) is 49.1 Å². The van der Waals surface area contributed by atoms with Gasteiger partial charge in [-0.3, -0.25) is 0 Å². The first-order chi connectivity index (χ1) is 16.5. The molecule has 0 fully saturated rings. The Labute approximate surface area is 206 Å². The number of nitrogens with two attached hydrogens (primary N) is 1. The molecule has 0 unspecified atom stereocenters. The van der Waals surface area contributed by atoms with E-state index in [-0.39, 0.29) is 16.4 Å². The molecule has 0 amide bonds. The van der Waals surface area contributed by atoms with Crippen LogP contribution in [-0.2, 0) is 10.0 Å². The summed E-state index contributed by atoms with van der Waals surface area (Å²) in [5.74, 6) is -0.455. The summed E-state index contributed by atoms with van der Waals surface area (Å²) in [5, 5.41) is 9.24. The van der Waals surface area contributed by atoms with Crippen LogP contribution in [0.25, 0.3) is 11.3 Å². The number of benzene rings is 2. The minimum absolute atomic E-state index is 0.105. The number of sulfonamides is 1. The fraction of sp³-hybridized carbons (Fsp3) is 0.320. The van der Waals surface area contributed by atoms with Crippen molar-refractivity contribution in [2.45, 2.75) is 32.6 Å². The number of aromatic carboxylic acids is 1. The maximum absolute atomic E-state index is 13.1. The maximum Gasteiger partial charge on any atom is 0.335 e. The van der Waals surface area contributed by atoms with Crippen molar-refractivity contribution in [3.63, 3.8) is 0 Å². The SMILES string of the molecule is Cc1cccc(C)c1-c1cc(N(CCN)CC(C)C)nc(NS(=O)(=O)c2cccc(C(=O)O)c2)n1. The molecule has 10 heteroatoms. The Hall–Kier alpha value is -3.50. The molecule has 35 heavy (non-hydrogen) atoms. The molecule has 1 aromatic heterocycles. The molecule has 2 aromatic carbocycles. The largest absolute Gasteiger partial charge is 0.478 e. The van der Waals surface area contributed by atoms with Gasteiger partial charge in [0, 0.05) is 31.3 Å². The number of anilines is 2. The lowest BCUT2D eigenvalue weighted by atomic mass is 10.00. The predicted octanol–water partition coefficient (Wildman–Crippen LogP) is 3.68. The van der Waals surface area contributed by atoms with E-state index in [0.29, 0.717) is 37.1 Å². The summed E-state index contributed by atoms with van der Waals surface area (Å²) in [4.78, 5) is 22.2. The van der Waals surface area contributed by atoms with Gasteiger partial charge < -0.3 is 15.7 Å². The summed E-state index contributed by atoms with van der Waals surface area (Å²) in [6.45, 7) is 9.71. The van der Waals surface area contributed by atoms with Crippen LogP contribution in [0.4, 0.5) is 11.8 Å². The molecule has 0 aliphatic heterocycles. The minimum atomic E-state index is -4.15. The van der Waals surface area contributed by atoms with Crippen LogP contribution in [0.5, 0.6) is 0 Å². The molecule has 0 aliphatic carbocycles. The fourth-order valence-corrected chi connectivity index (χ4v) is 4.85. The zero-order valence-corrected chi connectivity index (χ0v) is 21.1. The Morgan fingerprint density at radius 1 is 1.09 bits per heavy atom. The van der Waals surface area contributed by atoms with Crippen LogP contribution in [0.1, 0.15) is 35.3 Å². The van der Waals surface area contributed by atoms with Gasteiger partial charge in [0.2, 0.25) is 5.95 Å². The zero-order chi connectivity index (χ0) is 25.8. The van der Waals surface area contributed by atoms with Crippen molar-refractivity contribution in [1.29, 1.82) is 0 Å². The van der Waals surface area contributed by atoms with Gasteiger partial charge in [-0.1, -0.05) is 38.1 Å². The van der Waals surface area contributed by atoms with Crippen LogP contribution in [-0.4, -0.2) is 49.1 Å². The summed E-state index contributed by atoms with van der Waals surface area (Å²) in [6, 6.07) is 12.9. The van der Waals surface area contributed by atoms with Gasteiger partial charge in [-0.2, -0.15) is 4.98 Å². The number of aryl methyl sites for hydroxylation is 2. The van der Waals surface area contributed by atoms with Crippen LogP contribution in [0.15, 0.2) is 53.4 Å². The summed E-state index contributed by atoms with van der Waals surface area (Å²) >= 11 is 0. The van der Waals surface area contributed by atoms with E-state index in [9.17, 15) is 18.3 Å². The molecule has 0 aliphatic rings. The monoisotopic (exact) mass is 497 g/mol. The lowest BCUT2D eigenvalue weighted by molar-refractivity contribution is 0.0696. The first-order valence-corrected chi connectivity index (χ1v) is 12.8. The third kappa shape index (κ3) is 6.34. The highest BCUT2D eigenvalue weighted by molar-refractivity contribution is 7.92. The van der Waals surface area contributed by atoms with Crippen molar-refractivity contribution in [2.75, 3.05) is 29.3 Å². The molecular formula is C25H31N5O4S. The van der Waals surface area contributed by atoms with Gasteiger partial charge in [0.05, 0.1) is 16.2 Å². The molecule has 0 bridgehead atoms. The van der Waals surface area contributed by atoms with Crippen molar-refractivity contribution >= 4 is 27.8 Å². The van der Waals surface area contributed by atoms with Gasteiger partial charge in [0.15, 0.2) is 0 Å². The lowest BCUT2D eigenvalue weighted by Crippen LogP contribution is -2.33. The molecule has 0 atom stereocenters. The van der Waals surface area contributed by atoms with Crippen molar-refractivity contribution in [3.05, 3.63) is 65.2 Å². The first-order valence-electron chi connectivity index (χ1n) is 11.3. The van der Waals surface area contributed by atoms with Gasteiger partial charge >= 0.3 is 5.97 Å². The molecule has 4 N–H and O–H groups in total. The van der Waals surface area contributed by atoms with Crippen LogP contribution < -0.4 is 15.4 Å². The van der Waals surface area contributed by atoms with E-state index in [1.54, 1.807) is 0 Å². The summed E-state index contributed by atoms with van der Waals surface area (Å²) in [6.07, 6.45) is 0. The van der Waals surface area contributed by atoms with Crippen molar-refractivity contribution in [2.24, 2.45) is 11.7 Å². The lowest BCUT2D eigenvalue weighted by Gasteiger charge is -2.26. The van der Waals surface area contributed by atoms with E-state index in [1.807, 2.05) is 43.0 Å². The second kappa shape index (κ2) is 10.8. The number of carbonyl (C=O) groups is 1. The predicted molar refractivity (Wildman–Crippen MR) is 137 cm³/mol. The van der Waals surface area contributed by atoms with Gasteiger partial charge in [0.1, 0.15) is 5.82 Å². The minimum Gasteiger partial charge on any atom is -0.478 e. The normalized spacial score (nSPS) is 11.5. The maximum atomic E-state index is 13.1. The van der Waals surface area contributed by atoms with E-state index in [2.05, 4.69) is 28.5 Å². The third-order valence-electron chi connectivity index (χ3n) is 5.38. The molecule has 0 saturated heterocycles. The van der Waals surface area contributed by atoms with E-state index < -0.39 is 16.0 Å². The Morgan fingerprint density at radius 2 is 1.74 bits per heavy atom. The number of carboxylic acid groups (broad SMARTS) is 1. The molecule has 9 nitrogen and oxygen atoms in total. The van der Waals surface area contributed by atoms with E-state index in [0.717, 1.165) is 22.8 Å². The molecule has 3 rings (SSSR count). The molecule has 3 aromatic rings. The average molecular weight is 498 g/mol. The first kappa shape index (κ1) is 26.1. The zero-order valence-electron chi connectivity index (χ0n) is 20.3. The number of nitrogens with zero attached hydrogens (tertiary/aromatic N) is 3. The van der Waals surface area contributed by atoms with Crippen molar-refractivity contribution in [1.82, 2.24) is 9.97 Å². The number of aromatic nitrogens is 2. The summed E-state index contributed by atoms with van der Waals surface area (Å²) in [7, 11) is -4.15. The molecule has 0 spiro atoms. The standard InChI is InChI=1S/C25H31N5O4S/c1-16(2)15-30(12-11-26)22-14-21(23-17(3)7-5-8-18(23)4)27-25(28-22)29-35(33,34)20-10-6-9-19(13-20)24(31)32/h5-10,13-14,16H,11-12,15,26H2,1-4H3,(H,31,32)(H,27,28,29). The molecule has 186 valence electrons. The number of rotatable bonds is 10. The quantitative estimate of drug-likeness (QED) is 0.386. The van der Waals surface area contributed by atoms with Gasteiger partial charge in [-0.15, -0.1) is 0 Å². The van der Waals surface area contributed by atoms with Gasteiger partial charge in [0.25, 0.3) is 10.0 Å². The number of carboxylic acids is 1. The Morgan fingerprint density at radius 3 is 2.34 bits per heavy atom. The van der Waals surface area contributed by atoms with E-state index >= 15 is 0 Å². The highest BCUT2D eigenvalue weighted by Gasteiger charge is 2.21. The Bertz CT molecular complexity index is 1300. The average Bonchev–Trinajstić information content (AvgIpc) is 2.78. The molecule has 1 heterocycles. The third-order valence-corrected chi connectivity index (χ3v) is 6.70. The highest BCUT2D eigenvalue weighted by atomic mass is 32.2. The fourth-order valence-electron chi connectivity index (χ4n) is 3.86. The number of nitrogens with one attached hydrogen (secondary N) is 1. The van der Waals surface area contributed by atoms with Gasteiger partial charge in [-0.25, -0.2) is 22.9 Å². The van der Waals surface area contributed by atoms with E-state index in [4.69, 9.17) is 5.73 Å². The summed E-state index contributed by atoms with van der Waals surface area (Å²) < 4.78 is 28.7. The Kier molecular flexibility index (Phi) is 8.08. The van der Waals surface area contributed by atoms with Crippen LogP contribution >= 0.6 is 0 Å². The molecule has 0 saturated carbocycles.